The first-order valence-corrected chi connectivity index (χ1v) is 9.61. The van der Waals surface area contributed by atoms with Gasteiger partial charge in [0.05, 0.1) is 45.8 Å². The summed E-state index contributed by atoms with van der Waals surface area (Å²) < 4.78 is 21.5. The van der Waals surface area contributed by atoms with E-state index in [0.29, 0.717) is 28.5 Å². The maximum Gasteiger partial charge on any atom is 0.338 e. The molecule has 0 radical (unpaired) electrons. The Bertz CT molecular complexity index is 780. The third kappa shape index (κ3) is 3.45. The Labute approximate surface area is 163 Å². The SMILES string of the molecule is COC(=O)C1=C(C)N=C2SCCCN2[C@@H]1c1cc(OC)c(OC)c(OC)c1. The maximum atomic E-state index is 12.6. The molecule has 2 aliphatic heterocycles. The second kappa shape index (κ2) is 8.12. The zero-order valence-electron chi connectivity index (χ0n) is 16.2. The quantitative estimate of drug-likeness (QED) is 0.714. The Hall–Kier alpha value is -2.35. The average molecular weight is 392 g/mol. The van der Waals surface area contributed by atoms with Crippen molar-refractivity contribution in [2.45, 2.75) is 19.4 Å². The highest BCUT2D eigenvalue weighted by molar-refractivity contribution is 8.13. The van der Waals surface area contributed by atoms with E-state index in [1.54, 1.807) is 33.1 Å². The van der Waals surface area contributed by atoms with Crippen molar-refractivity contribution >= 4 is 22.9 Å². The molecule has 2 heterocycles. The van der Waals surface area contributed by atoms with Crippen molar-refractivity contribution in [3.8, 4) is 17.2 Å². The molecular formula is C19H24N2O5S. The van der Waals surface area contributed by atoms with Gasteiger partial charge in [-0.2, -0.15) is 0 Å². The molecule has 146 valence electrons. The first kappa shape index (κ1) is 19.4. The van der Waals surface area contributed by atoms with Crippen LogP contribution >= 0.6 is 11.8 Å². The molecule has 0 unspecified atom stereocenters. The Morgan fingerprint density at radius 2 is 1.81 bits per heavy atom. The van der Waals surface area contributed by atoms with E-state index in [-0.39, 0.29) is 12.0 Å². The minimum absolute atomic E-state index is 0.327. The molecule has 1 aromatic rings. The van der Waals surface area contributed by atoms with Crippen LogP contribution in [0.1, 0.15) is 24.9 Å². The molecule has 0 amide bonds. The number of allylic oxidation sites excluding steroid dienone is 1. The largest absolute Gasteiger partial charge is 0.493 e. The van der Waals surface area contributed by atoms with Crippen molar-refractivity contribution in [1.82, 2.24) is 4.90 Å². The Morgan fingerprint density at radius 3 is 2.37 bits per heavy atom. The lowest BCUT2D eigenvalue weighted by Crippen LogP contribution is -2.42. The van der Waals surface area contributed by atoms with Gasteiger partial charge in [-0.25, -0.2) is 9.79 Å². The van der Waals surface area contributed by atoms with E-state index in [4.69, 9.17) is 18.9 Å². The van der Waals surface area contributed by atoms with Crippen molar-refractivity contribution in [1.29, 1.82) is 0 Å². The van der Waals surface area contributed by atoms with Gasteiger partial charge in [0.25, 0.3) is 0 Å². The summed E-state index contributed by atoms with van der Waals surface area (Å²) in [7, 11) is 6.11. The van der Waals surface area contributed by atoms with E-state index in [2.05, 4.69) is 9.89 Å². The zero-order valence-corrected chi connectivity index (χ0v) is 17.0. The molecule has 0 saturated carbocycles. The number of benzene rings is 1. The third-order valence-electron chi connectivity index (χ3n) is 4.67. The van der Waals surface area contributed by atoms with Crippen LogP contribution in [0.15, 0.2) is 28.4 Å². The standard InChI is InChI=1S/C19H24N2O5S/c1-11-15(18(22)26-5)16(21-7-6-8-27-19(21)20-11)12-9-13(23-2)17(25-4)14(10-12)24-3/h9-10,16H,6-8H2,1-5H3/t16-/m1/s1. The number of ether oxygens (including phenoxy) is 4. The summed E-state index contributed by atoms with van der Waals surface area (Å²) >= 11 is 1.70. The van der Waals surface area contributed by atoms with Crippen molar-refractivity contribution in [3.63, 3.8) is 0 Å². The summed E-state index contributed by atoms with van der Waals surface area (Å²) in [5, 5.41) is 0.921. The monoisotopic (exact) mass is 392 g/mol. The molecule has 27 heavy (non-hydrogen) atoms. The van der Waals surface area contributed by atoms with Crippen LogP contribution in [0.2, 0.25) is 0 Å². The maximum absolute atomic E-state index is 12.6. The number of esters is 1. The summed E-state index contributed by atoms with van der Waals surface area (Å²) in [5.41, 5.74) is 2.05. The van der Waals surface area contributed by atoms with Crippen molar-refractivity contribution in [3.05, 3.63) is 29.0 Å². The minimum atomic E-state index is -0.385. The molecule has 8 heteroatoms. The number of nitrogens with zero attached hydrogens (tertiary/aromatic N) is 2. The number of carbonyl (C=O) groups excluding carboxylic acids is 1. The van der Waals surface area contributed by atoms with Crippen LogP contribution in [-0.4, -0.2) is 56.8 Å². The molecule has 0 aromatic heterocycles. The molecule has 1 aromatic carbocycles. The van der Waals surface area contributed by atoms with E-state index in [1.165, 1.54) is 7.11 Å². The van der Waals surface area contributed by atoms with E-state index in [1.807, 2.05) is 19.1 Å². The number of rotatable bonds is 5. The number of thioether (sulfide) groups is 1. The van der Waals surface area contributed by atoms with Crippen LogP contribution in [-0.2, 0) is 9.53 Å². The smallest absolute Gasteiger partial charge is 0.338 e. The van der Waals surface area contributed by atoms with E-state index in [9.17, 15) is 4.79 Å². The molecule has 0 spiro atoms. The lowest BCUT2D eigenvalue weighted by molar-refractivity contribution is -0.136. The van der Waals surface area contributed by atoms with Gasteiger partial charge in [-0.1, -0.05) is 11.8 Å². The fourth-order valence-electron chi connectivity index (χ4n) is 3.45. The molecule has 3 rings (SSSR count). The Balaban J connectivity index is 2.19. The second-order valence-corrected chi connectivity index (χ2v) is 7.20. The Morgan fingerprint density at radius 1 is 1.15 bits per heavy atom. The summed E-state index contributed by atoms with van der Waals surface area (Å²) in [6.45, 7) is 2.65. The lowest BCUT2D eigenvalue weighted by Gasteiger charge is -2.40. The van der Waals surface area contributed by atoms with Gasteiger partial charge in [-0.3, -0.25) is 0 Å². The highest BCUT2D eigenvalue weighted by Crippen LogP contribution is 2.45. The van der Waals surface area contributed by atoms with Crippen LogP contribution in [0.4, 0.5) is 0 Å². The van der Waals surface area contributed by atoms with Crippen molar-refractivity contribution in [2.24, 2.45) is 4.99 Å². The fraction of sp³-hybridized carbons (Fsp3) is 0.474. The van der Waals surface area contributed by atoms with Crippen LogP contribution < -0.4 is 14.2 Å². The van der Waals surface area contributed by atoms with Crippen molar-refractivity contribution < 1.29 is 23.7 Å². The molecule has 1 saturated heterocycles. The molecule has 1 fully saturated rings. The molecule has 7 nitrogen and oxygen atoms in total. The zero-order chi connectivity index (χ0) is 19.6. The summed E-state index contributed by atoms with van der Waals surface area (Å²) in [4.78, 5) is 19.4. The van der Waals surface area contributed by atoms with Crippen LogP contribution in [0, 0.1) is 0 Å². The number of hydrogen-bond donors (Lipinski definition) is 0. The number of methoxy groups -OCH3 is 4. The van der Waals surface area contributed by atoms with Gasteiger partial charge in [0.15, 0.2) is 16.7 Å². The minimum Gasteiger partial charge on any atom is -0.493 e. The highest BCUT2D eigenvalue weighted by Gasteiger charge is 2.38. The van der Waals surface area contributed by atoms with Gasteiger partial charge in [0.2, 0.25) is 5.75 Å². The summed E-state index contributed by atoms with van der Waals surface area (Å²) in [5.74, 6) is 2.23. The number of carbonyl (C=O) groups is 1. The number of amidine groups is 1. The average Bonchev–Trinajstić information content (AvgIpc) is 2.70. The van der Waals surface area contributed by atoms with Crippen LogP contribution in [0.3, 0.4) is 0 Å². The molecule has 1 atom stereocenters. The molecule has 0 N–H and O–H groups in total. The predicted molar refractivity (Wildman–Crippen MR) is 105 cm³/mol. The number of hydrogen-bond acceptors (Lipinski definition) is 8. The van der Waals surface area contributed by atoms with Crippen LogP contribution in [0.5, 0.6) is 17.2 Å². The normalized spacial score (nSPS) is 19.2. The van der Waals surface area contributed by atoms with Gasteiger partial charge < -0.3 is 23.8 Å². The van der Waals surface area contributed by atoms with E-state index in [0.717, 1.165) is 29.4 Å². The third-order valence-corrected chi connectivity index (χ3v) is 5.74. The first-order chi connectivity index (χ1) is 13.0. The van der Waals surface area contributed by atoms with Gasteiger partial charge in [0.1, 0.15) is 0 Å². The van der Waals surface area contributed by atoms with Gasteiger partial charge in [0, 0.05) is 12.3 Å². The van der Waals surface area contributed by atoms with Crippen LogP contribution in [0.25, 0.3) is 0 Å². The molecular weight excluding hydrogens is 368 g/mol. The second-order valence-electron chi connectivity index (χ2n) is 6.14. The van der Waals surface area contributed by atoms with Gasteiger partial charge in [-0.15, -0.1) is 0 Å². The van der Waals surface area contributed by atoms with Gasteiger partial charge in [-0.05, 0) is 31.0 Å². The summed E-state index contributed by atoms with van der Waals surface area (Å²) in [6.07, 6.45) is 1.01. The number of fused-ring (bicyclic) bond motifs is 1. The fourth-order valence-corrected chi connectivity index (χ4v) is 4.47. The molecule has 0 bridgehead atoms. The topological polar surface area (TPSA) is 69.6 Å². The van der Waals surface area contributed by atoms with Gasteiger partial charge >= 0.3 is 5.97 Å². The highest BCUT2D eigenvalue weighted by atomic mass is 32.2. The predicted octanol–water partition coefficient (Wildman–Crippen LogP) is 3.01. The Kier molecular flexibility index (Phi) is 5.84. The van der Waals surface area contributed by atoms with E-state index >= 15 is 0 Å². The lowest BCUT2D eigenvalue weighted by atomic mass is 9.93. The summed E-state index contributed by atoms with van der Waals surface area (Å²) in [6, 6.07) is 3.43. The number of aliphatic imine (C=N–C) groups is 1. The van der Waals surface area contributed by atoms with Crippen molar-refractivity contribution in [2.75, 3.05) is 40.7 Å². The molecule has 2 aliphatic rings. The van der Waals surface area contributed by atoms with E-state index < -0.39 is 0 Å². The molecule has 0 aliphatic carbocycles. The first-order valence-electron chi connectivity index (χ1n) is 8.62.